The molecule has 0 atom stereocenters. The Hall–Kier alpha value is -0.950. The van der Waals surface area contributed by atoms with Gasteiger partial charge in [-0.05, 0) is 7.05 Å². The number of hydrogen-bond acceptors (Lipinski definition) is 5. The second kappa shape index (κ2) is 5.82. The second-order valence-electron chi connectivity index (χ2n) is 3.44. The summed E-state index contributed by atoms with van der Waals surface area (Å²) in [4.78, 5) is 15.7. The number of carbonyl (C=O) groups is 1. The van der Waals surface area contributed by atoms with Crippen molar-refractivity contribution in [3.63, 3.8) is 0 Å². The number of amidine groups is 1. The van der Waals surface area contributed by atoms with E-state index in [1.54, 1.807) is 0 Å². The molecule has 0 bridgehead atoms. The van der Waals surface area contributed by atoms with Gasteiger partial charge in [-0.2, -0.15) is 5.10 Å². The lowest BCUT2D eigenvalue weighted by Gasteiger charge is -2.32. The number of amides is 1. The highest BCUT2D eigenvalue weighted by Gasteiger charge is 2.18. The van der Waals surface area contributed by atoms with Crippen molar-refractivity contribution in [1.29, 1.82) is 0 Å². The van der Waals surface area contributed by atoms with E-state index in [1.807, 2.05) is 4.90 Å². The molecule has 0 aromatic rings. The van der Waals surface area contributed by atoms with Crippen molar-refractivity contribution in [2.24, 2.45) is 16.7 Å². The molecule has 7 heteroatoms. The SMILES string of the molecule is CN1CCN(C(=O)CSC(N)=NN)CC1. The molecule has 0 aromatic carbocycles. The number of rotatable bonds is 2. The third-order valence-electron chi connectivity index (χ3n) is 2.33. The van der Waals surface area contributed by atoms with Crippen LogP contribution in [0.5, 0.6) is 0 Å². The average molecular weight is 231 g/mol. The molecule has 0 spiro atoms. The van der Waals surface area contributed by atoms with Crippen LogP contribution in [0, 0.1) is 0 Å². The zero-order chi connectivity index (χ0) is 11.3. The van der Waals surface area contributed by atoms with Crippen molar-refractivity contribution in [3.05, 3.63) is 0 Å². The summed E-state index contributed by atoms with van der Waals surface area (Å²) in [6.07, 6.45) is 0. The van der Waals surface area contributed by atoms with E-state index in [1.165, 1.54) is 11.8 Å². The Kier molecular flexibility index (Phi) is 4.70. The van der Waals surface area contributed by atoms with E-state index < -0.39 is 0 Å². The molecular weight excluding hydrogens is 214 g/mol. The summed E-state index contributed by atoms with van der Waals surface area (Å²) in [6.45, 7) is 3.43. The van der Waals surface area contributed by atoms with Crippen LogP contribution in [0.15, 0.2) is 5.10 Å². The van der Waals surface area contributed by atoms with Gasteiger partial charge in [0.25, 0.3) is 0 Å². The van der Waals surface area contributed by atoms with Gasteiger partial charge in [-0.3, -0.25) is 4.79 Å². The van der Waals surface area contributed by atoms with Crippen molar-refractivity contribution in [2.45, 2.75) is 0 Å². The molecule has 15 heavy (non-hydrogen) atoms. The molecule has 86 valence electrons. The summed E-state index contributed by atoms with van der Waals surface area (Å²) < 4.78 is 0. The Morgan fingerprint density at radius 1 is 1.40 bits per heavy atom. The summed E-state index contributed by atoms with van der Waals surface area (Å²) in [5.41, 5.74) is 5.38. The highest BCUT2D eigenvalue weighted by atomic mass is 32.2. The number of likely N-dealkylation sites (N-methyl/N-ethyl adjacent to an activating group) is 1. The molecule has 1 heterocycles. The van der Waals surface area contributed by atoms with E-state index in [4.69, 9.17) is 11.6 Å². The molecule has 1 amide bonds. The maximum absolute atomic E-state index is 11.7. The molecule has 1 aliphatic rings. The van der Waals surface area contributed by atoms with E-state index in [9.17, 15) is 4.79 Å². The first-order valence-corrected chi connectivity index (χ1v) is 5.74. The standard InChI is InChI=1S/C8H17N5OS/c1-12-2-4-13(5-3-12)7(14)6-15-8(9)11-10/h2-6,10H2,1H3,(H2,9,11). The van der Waals surface area contributed by atoms with E-state index in [-0.39, 0.29) is 11.1 Å². The minimum Gasteiger partial charge on any atom is -0.377 e. The second-order valence-corrected chi connectivity index (χ2v) is 4.44. The third kappa shape index (κ3) is 3.96. The average Bonchev–Trinajstić information content (AvgIpc) is 2.26. The van der Waals surface area contributed by atoms with Crippen LogP contribution < -0.4 is 11.6 Å². The fraction of sp³-hybridized carbons (Fsp3) is 0.750. The lowest BCUT2D eigenvalue weighted by molar-refractivity contribution is -0.129. The molecule has 6 nitrogen and oxygen atoms in total. The highest BCUT2D eigenvalue weighted by Crippen LogP contribution is 2.05. The molecular formula is C8H17N5OS. The van der Waals surface area contributed by atoms with Gasteiger partial charge in [0.2, 0.25) is 5.91 Å². The van der Waals surface area contributed by atoms with E-state index in [0.29, 0.717) is 5.75 Å². The number of thioether (sulfide) groups is 1. The Labute approximate surface area is 93.6 Å². The van der Waals surface area contributed by atoms with E-state index in [2.05, 4.69) is 17.0 Å². The Balaban J connectivity index is 2.28. The molecule has 1 aliphatic heterocycles. The van der Waals surface area contributed by atoms with Crippen molar-refractivity contribution >= 4 is 22.8 Å². The number of nitrogens with zero attached hydrogens (tertiary/aromatic N) is 3. The number of hydrazone groups is 1. The van der Waals surface area contributed by atoms with Crippen LogP contribution in [0.2, 0.25) is 0 Å². The van der Waals surface area contributed by atoms with Gasteiger partial charge in [-0.15, -0.1) is 0 Å². The number of piperazine rings is 1. The fourth-order valence-corrected chi connectivity index (χ4v) is 1.85. The lowest BCUT2D eigenvalue weighted by Crippen LogP contribution is -2.47. The van der Waals surface area contributed by atoms with Gasteiger partial charge in [-0.1, -0.05) is 11.8 Å². The number of carbonyl (C=O) groups excluding carboxylic acids is 1. The molecule has 1 fully saturated rings. The largest absolute Gasteiger partial charge is 0.377 e. The van der Waals surface area contributed by atoms with Gasteiger partial charge in [0.15, 0.2) is 5.17 Å². The summed E-state index contributed by atoms with van der Waals surface area (Å²) in [7, 11) is 2.05. The van der Waals surface area contributed by atoms with Crippen molar-refractivity contribution in [3.8, 4) is 0 Å². The summed E-state index contributed by atoms with van der Waals surface area (Å²) in [6, 6.07) is 0. The van der Waals surface area contributed by atoms with Crippen LogP contribution in [0.25, 0.3) is 0 Å². The first kappa shape index (κ1) is 12.1. The van der Waals surface area contributed by atoms with Gasteiger partial charge in [0, 0.05) is 26.2 Å². The fourth-order valence-electron chi connectivity index (χ4n) is 1.32. The molecule has 0 aromatic heterocycles. The van der Waals surface area contributed by atoms with E-state index in [0.717, 1.165) is 26.2 Å². The third-order valence-corrected chi connectivity index (χ3v) is 3.12. The first-order chi connectivity index (χ1) is 7.13. The molecule has 0 unspecified atom stereocenters. The Morgan fingerprint density at radius 3 is 2.53 bits per heavy atom. The van der Waals surface area contributed by atoms with E-state index >= 15 is 0 Å². The number of hydrogen-bond donors (Lipinski definition) is 2. The van der Waals surface area contributed by atoms with Crippen LogP contribution in [0.4, 0.5) is 0 Å². The van der Waals surface area contributed by atoms with Crippen molar-refractivity contribution in [1.82, 2.24) is 9.80 Å². The van der Waals surface area contributed by atoms with Crippen LogP contribution in [-0.4, -0.2) is 59.9 Å². The molecule has 4 N–H and O–H groups in total. The Morgan fingerprint density at radius 2 is 2.00 bits per heavy atom. The monoisotopic (exact) mass is 231 g/mol. The smallest absolute Gasteiger partial charge is 0.233 e. The van der Waals surface area contributed by atoms with Crippen LogP contribution in [0.1, 0.15) is 0 Å². The van der Waals surface area contributed by atoms with Gasteiger partial charge >= 0.3 is 0 Å². The number of nitrogens with two attached hydrogens (primary N) is 2. The first-order valence-electron chi connectivity index (χ1n) is 4.76. The van der Waals surface area contributed by atoms with Crippen LogP contribution >= 0.6 is 11.8 Å². The normalized spacial score (nSPS) is 19.3. The zero-order valence-electron chi connectivity index (χ0n) is 8.85. The van der Waals surface area contributed by atoms with Gasteiger partial charge in [0.1, 0.15) is 0 Å². The maximum atomic E-state index is 11.7. The molecule has 0 saturated carbocycles. The summed E-state index contributed by atoms with van der Waals surface area (Å²) >= 11 is 1.18. The summed E-state index contributed by atoms with van der Waals surface area (Å²) in [5, 5.41) is 3.54. The summed E-state index contributed by atoms with van der Waals surface area (Å²) in [5.74, 6) is 5.38. The molecule has 0 aliphatic carbocycles. The minimum atomic E-state index is 0.0969. The van der Waals surface area contributed by atoms with Gasteiger partial charge in [0.05, 0.1) is 5.75 Å². The van der Waals surface area contributed by atoms with Gasteiger partial charge in [-0.25, -0.2) is 0 Å². The lowest BCUT2D eigenvalue weighted by atomic mass is 10.3. The van der Waals surface area contributed by atoms with Gasteiger partial charge < -0.3 is 21.4 Å². The maximum Gasteiger partial charge on any atom is 0.233 e. The molecule has 0 radical (unpaired) electrons. The minimum absolute atomic E-state index is 0.0969. The predicted octanol–water partition coefficient (Wildman–Crippen LogP) is -1.32. The Bertz CT molecular complexity index is 249. The van der Waals surface area contributed by atoms with Crippen LogP contribution in [-0.2, 0) is 4.79 Å². The predicted molar refractivity (Wildman–Crippen MR) is 62.3 cm³/mol. The van der Waals surface area contributed by atoms with Crippen molar-refractivity contribution in [2.75, 3.05) is 39.0 Å². The van der Waals surface area contributed by atoms with Crippen molar-refractivity contribution < 1.29 is 4.79 Å². The van der Waals surface area contributed by atoms with Crippen LogP contribution in [0.3, 0.4) is 0 Å². The highest BCUT2D eigenvalue weighted by molar-refractivity contribution is 8.14. The topological polar surface area (TPSA) is 88.0 Å². The quantitative estimate of drug-likeness (QED) is 0.266. The molecule has 1 rings (SSSR count). The molecule has 1 saturated heterocycles. The zero-order valence-corrected chi connectivity index (χ0v) is 9.66.